The molecule has 0 aliphatic heterocycles. The lowest BCUT2D eigenvalue weighted by Gasteiger charge is -2.16. The zero-order valence-corrected chi connectivity index (χ0v) is 13.0. The number of hydrogen-bond acceptors (Lipinski definition) is 4. The number of rotatable bonds is 8. The summed E-state index contributed by atoms with van der Waals surface area (Å²) in [4.78, 5) is 23.0. The molecule has 122 valence electrons. The first-order chi connectivity index (χ1) is 11.1. The van der Waals surface area contributed by atoms with Gasteiger partial charge in [0.25, 0.3) is 0 Å². The molecule has 2 aromatic rings. The van der Waals surface area contributed by atoms with Crippen molar-refractivity contribution in [2.45, 2.75) is 38.8 Å². The highest BCUT2D eigenvalue weighted by atomic mass is 16.4. The maximum absolute atomic E-state index is 12.4. The smallest absolute Gasteiger partial charge is 0.325 e. The summed E-state index contributed by atoms with van der Waals surface area (Å²) >= 11 is 0. The van der Waals surface area contributed by atoms with E-state index < -0.39 is 5.97 Å². The van der Waals surface area contributed by atoms with Gasteiger partial charge in [-0.3, -0.25) is 9.59 Å². The lowest BCUT2D eigenvalue weighted by atomic mass is 9.93. The zero-order valence-electron chi connectivity index (χ0n) is 13.0. The van der Waals surface area contributed by atoms with Gasteiger partial charge in [-0.15, -0.1) is 5.10 Å². The highest BCUT2D eigenvalue weighted by molar-refractivity contribution is 5.83. The topological polar surface area (TPSA) is 97.1 Å². The number of aliphatic carboxylic acids is 1. The number of benzene rings is 1. The molecular formula is C16H20N4O3. The van der Waals surface area contributed by atoms with Gasteiger partial charge in [-0.05, 0) is 12.0 Å². The highest BCUT2D eigenvalue weighted by Crippen LogP contribution is 2.21. The standard InChI is InChI=1S/C16H20N4O3/c1-2-6-14(12-7-4-3-5-8-12)16(23)17-9-13-10-20(19-18-13)11-15(21)22/h3-5,7-8,10,14H,2,6,9,11H2,1H3,(H,17,23)(H,21,22). The van der Waals surface area contributed by atoms with Crippen molar-refractivity contribution in [3.8, 4) is 0 Å². The van der Waals surface area contributed by atoms with Crippen LogP contribution in [0.3, 0.4) is 0 Å². The minimum atomic E-state index is -0.988. The van der Waals surface area contributed by atoms with Crippen LogP contribution in [0.15, 0.2) is 36.5 Å². The number of carboxylic acid groups (broad SMARTS) is 1. The van der Waals surface area contributed by atoms with E-state index in [9.17, 15) is 9.59 Å². The lowest BCUT2D eigenvalue weighted by molar-refractivity contribution is -0.138. The summed E-state index contributed by atoms with van der Waals surface area (Å²) in [7, 11) is 0. The van der Waals surface area contributed by atoms with Crippen LogP contribution in [0.1, 0.15) is 36.9 Å². The number of nitrogens with one attached hydrogen (secondary N) is 1. The largest absolute Gasteiger partial charge is 0.480 e. The van der Waals surface area contributed by atoms with Crippen LogP contribution >= 0.6 is 0 Å². The Kier molecular flexibility index (Phi) is 5.85. The fourth-order valence-corrected chi connectivity index (χ4v) is 2.36. The average molecular weight is 316 g/mol. The van der Waals surface area contributed by atoms with E-state index in [0.29, 0.717) is 5.69 Å². The fourth-order valence-electron chi connectivity index (χ4n) is 2.36. The van der Waals surface area contributed by atoms with Gasteiger partial charge in [-0.1, -0.05) is 48.9 Å². The summed E-state index contributed by atoms with van der Waals surface area (Å²) in [5.74, 6) is -1.25. The Morgan fingerprint density at radius 1 is 1.30 bits per heavy atom. The van der Waals surface area contributed by atoms with Gasteiger partial charge in [-0.2, -0.15) is 0 Å². The molecule has 0 radical (unpaired) electrons. The summed E-state index contributed by atoms with van der Waals surface area (Å²) in [6.07, 6.45) is 3.19. The van der Waals surface area contributed by atoms with Crippen LogP contribution in [-0.4, -0.2) is 32.0 Å². The maximum atomic E-state index is 12.4. The Morgan fingerprint density at radius 2 is 2.04 bits per heavy atom. The molecule has 7 nitrogen and oxygen atoms in total. The predicted octanol–water partition coefficient (Wildman–Crippen LogP) is 1.56. The van der Waals surface area contributed by atoms with Crippen molar-refractivity contribution in [2.75, 3.05) is 0 Å². The number of nitrogens with zero attached hydrogens (tertiary/aromatic N) is 3. The number of hydrogen-bond donors (Lipinski definition) is 2. The van der Waals surface area contributed by atoms with Gasteiger partial charge in [-0.25, -0.2) is 4.68 Å². The average Bonchev–Trinajstić information content (AvgIpc) is 2.98. The van der Waals surface area contributed by atoms with E-state index in [4.69, 9.17) is 5.11 Å². The predicted molar refractivity (Wildman–Crippen MR) is 83.6 cm³/mol. The van der Waals surface area contributed by atoms with Crippen LogP contribution in [0.2, 0.25) is 0 Å². The number of carbonyl (C=O) groups excluding carboxylic acids is 1. The molecule has 0 fully saturated rings. The Labute approximate surface area is 134 Å². The summed E-state index contributed by atoms with van der Waals surface area (Å²) in [6, 6.07) is 9.66. The van der Waals surface area contributed by atoms with Crippen molar-refractivity contribution < 1.29 is 14.7 Å². The van der Waals surface area contributed by atoms with Gasteiger partial charge in [0.05, 0.1) is 18.7 Å². The van der Waals surface area contributed by atoms with Gasteiger partial charge in [0, 0.05) is 0 Å². The van der Waals surface area contributed by atoms with Gasteiger partial charge in [0.15, 0.2) is 0 Å². The molecule has 0 bridgehead atoms. The zero-order chi connectivity index (χ0) is 16.7. The Hall–Kier alpha value is -2.70. The van der Waals surface area contributed by atoms with Crippen molar-refractivity contribution in [3.63, 3.8) is 0 Å². The molecule has 1 aromatic heterocycles. The maximum Gasteiger partial charge on any atom is 0.325 e. The van der Waals surface area contributed by atoms with Crippen LogP contribution in [0.4, 0.5) is 0 Å². The van der Waals surface area contributed by atoms with Crippen molar-refractivity contribution in [2.24, 2.45) is 0 Å². The van der Waals surface area contributed by atoms with E-state index in [1.807, 2.05) is 37.3 Å². The second kappa shape index (κ2) is 8.07. The number of amides is 1. The van der Waals surface area contributed by atoms with E-state index >= 15 is 0 Å². The third kappa shape index (κ3) is 4.91. The molecular weight excluding hydrogens is 296 g/mol. The monoisotopic (exact) mass is 316 g/mol. The SMILES string of the molecule is CCCC(C(=O)NCc1cn(CC(=O)O)nn1)c1ccccc1. The normalized spacial score (nSPS) is 11.9. The Balaban J connectivity index is 1.96. The summed E-state index contributed by atoms with van der Waals surface area (Å²) in [5.41, 5.74) is 1.52. The molecule has 0 saturated carbocycles. The third-order valence-corrected chi connectivity index (χ3v) is 3.42. The van der Waals surface area contributed by atoms with E-state index in [-0.39, 0.29) is 24.9 Å². The van der Waals surface area contributed by atoms with Crippen molar-refractivity contribution in [1.82, 2.24) is 20.3 Å². The third-order valence-electron chi connectivity index (χ3n) is 3.42. The second-order valence-electron chi connectivity index (χ2n) is 5.27. The van der Waals surface area contributed by atoms with Crippen molar-refractivity contribution in [3.05, 3.63) is 47.8 Å². The molecule has 0 spiro atoms. The van der Waals surface area contributed by atoms with Gasteiger partial charge < -0.3 is 10.4 Å². The molecule has 2 rings (SSSR count). The first-order valence-electron chi connectivity index (χ1n) is 7.53. The van der Waals surface area contributed by atoms with E-state index in [0.717, 1.165) is 18.4 Å². The van der Waals surface area contributed by atoms with Crippen molar-refractivity contribution >= 4 is 11.9 Å². The minimum absolute atomic E-state index is 0.0640. The Bertz CT molecular complexity index is 654. The first-order valence-corrected chi connectivity index (χ1v) is 7.53. The second-order valence-corrected chi connectivity index (χ2v) is 5.27. The molecule has 0 aliphatic rings. The van der Waals surface area contributed by atoms with Crippen LogP contribution in [-0.2, 0) is 22.7 Å². The molecule has 1 heterocycles. The first kappa shape index (κ1) is 16.7. The number of carboxylic acids is 1. The molecule has 2 N–H and O–H groups in total. The van der Waals surface area contributed by atoms with Crippen LogP contribution in [0.25, 0.3) is 0 Å². The molecule has 0 aliphatic carbocycles. The summed E-state index contributed by atoms with van der Waals surface area (Å²) in [6.45, 7) is 2.02. The molecule has 1 aromatic carbocycles. The quantitative estimate of drug-likeness (QED) is 0.770. The van der Waals surface area contributed by atoms with Gasteiger partial charge >= 0.3 is 5.97 Å². The fraction of sp³-hybridized carbons (Fsp3) is 0.375. The molecule has 7 heteroatoms. The van der Waals surface area contributed by atoms with E-state index in [1.54, 1.807) is 0 Å². The summed E-state index contributed by atoms with van der Waals surface area (Å²) < 4.78 is 1.23. The molecule has 23 heavy (non-hydrogen) atoms. The molecule has 1 atom stereocenters. The minimum Gasteiger partial charge on any atom is -0.480 e. The number of aromatic nitrogens is 3. The summed E-state index contributed by atoms with van der Waals surface area (Å²) in [5, 5.41) is 19.1. The van der Waals surface area contributed by atoms with Crippen molar-refractivity contribution in [1.29, 1.82) is 0 Å². The molecule has 0 saturated heterocycles. The van der Waals surface area contributed by atoms with Gasteiger partial charge in [0.2, 0.25) is 5.91 Å². The highest BCUT2D eigenvalue weighted by Gasteiger charge is 2.19. The number of carbonyl (C=O) groups is 2. The molecule has 1 amide bonds. The Morgan fingerprint density at radius 3 is 2.70 bits per heavy atom. The van der Waals surface area contributed by atoms with Gasteiger partial charge in [0.1, 0.15) is 12.2 Å². The lowest BCUT2D eigenvalue weighted by Crippen LogP contribution is -2.29. The van der Waals surface area contributed by atoms with E-state index in [2.05, 4.69) is 15.6 Å². The molecule has 1 unspecified atom stereocenters. The van der Waals surface area contributed by atoms with Crippen LogP contribution < -0.4 is 5.32 Å². The van der Waals surface area contributed by atoms with E-state index in [1.165, 1.54) is 10.9 Å². The van der Waals surface area contributed by atoms with Crippen LogP contribution in [0.5, 0.6) is 0 Å². The van der Waals surface area contributed by atoms with Crippen LogP contribution in [0, 0.1) is 0 Å².